The summed E-state index contributed by atoms with van der Waals surface area (Å²) in [7, 11) is 0. The summed E-state index contributed by atoms with van der Waals surface area (Å²) < 4.78 is 18.1. The minimum absolute atomic E-state index is 0.251. The maximum atomic E-state index is 12.9. The van der Waals surface area contributed by atoms with Crippen molar-refractivity contribution in [1.29, 1.82) is 0 Å². The Morgan fingerprint density at radius 1 is 1.50 bits per heavy atom. The van der Waals surface area contributed by atoms with E-state index in [2.05, 4.69) is 0 Å². The summed E-state index contributed by atoms with van der Waals surface area (Å²) in [6.45, 7) is 2.87. The maximum Gasteiger partial charge on any atom is 0.123 e. The van der Waals surface area contributed by atoms with Crippen LogP contribution in [0.15, 0.2) is 18.2 Å². The molecule has 1 atom stereocenters. The lowest BCUT2D eigenvalue weighted by molar-refractivity contribution is 0.0374. The van der Waals surface area contributed by atoms with Crippen LogP contribution in [0, 0.1) is 5.82 Å². The second-order valence-electron chi connectivity index (χ2n) is 3.67. The van der Waals surface area contributed by atoms with Crippen LogP contribution in [0.4, 0.5) is 4.39 Å². The zero-order valence-corrected chi connectivity index (χ0v) is 10.0. The Morgan fingerprint density at radius 3 is 2.94 bits per heavy atom. The Bertz CT molecular complexity index is 331. The van der Waals surface area contributed by atoms with Crippen LogP contribution in [0.25, 0.3) is 0 Å². The molecule has 0 radical (unpaired) electrons. The molecule has 0 aliphatic rings. The van der Waals surface area contributed by atoms with Crippen molar-refractivity contribution in [3.8, 4) is 0 Å². The number of ether oxygens (including phenoxy) is 1. The number of benzene rings is 1. The Hall–Kier alpha value is -0.640. The topological polar surface area (TPSA) is 29.5 Å². The van der Waals surface area contributed by atoms with Gasteiger partial charge in [0.25, 0.3) is 0 Å². The van der Waals surface area contributed by atoms with Gasteiger partial charge < -0.3 is 9.84 Å². The highest BCUT2D eigenvalue weighted by Crippen LogP contribution is 2.18. The van der Waals surface area contributed by atoms with Crippen LogP contribution >= 0.6 is 11.6 Å². The molecule has 0 heterocycles. The van der Waals surface area contributed by atoms with E-state index in [0.29, 0.717) is 23.6 Å². The van der Waals surface area contributed by atoms with E-state index in [1.165, 1.54) is 18.2 Å². The normalized spacial score (nSPS) is 12.8. The van der Waals surface area contributed by atoms with Crippen LogP contribution < -0.4 is 0 Å². The SMILES string of the molecule is CCCOCC(O)Cc1cc(F)ccc1Cl. The third kappa shape index (κ3) is 4.47. The molecule has 0 spiro atoms. The van der Waals surface area contributed by atoms with E-state index >= 15 is 0 Å². The van der Waals surface area contributed by atoms with Gasteiger partial charge in [-0.3, -0.25) is 0 Å². The predicted molar refractivity (Wildman–Crippen MR) is 62.2 cm³/mol. The summed E-state index contributed by atoms with van der Waals surface area (Å²) in [5.74, 6) is -0.346. The van der Waals surface area contributed by atoms with Gasteiger partial charge in [0.05, 0.1) is 12.7 Å². The smallest absolute Gasteiger partial charge is 0.123 e. The van der Waals surface area contributed by atoms with Gasteiger partial charge in [0, 0.05) is 18.1 Å². The van der Waals surface area contributed by atoms with Gasteiger partial charge in [-0.15, -0.1) is 0 Å². The van der Waals surface area contributed by atoms with Gasteiger partial charge in [0.2, 0.25) is 0 Å². The standard InChI is InChI=1S/C12H16ClFO2/c1-2-5-16-8-11(15)7-9-6-10(14)3-4-12(9)13/h3-4,6,11,15H,2,5,7-8H2,1H3. The average molecular weight is 247 g/mol. The van der Waals surface area contributed by atoms with Gasteiger partial charge in [-0.05, 0) is 30.2 Å². The summed E-state index contributed by atoms with van der Waals surface area (Å²) in [5, 5.41) is 10.1. The van der Waals surface area contributed by atoms with Crippen LogP contribution in [0.1, 0.15) is 18.9 Å². The summed E-state index contributed by atoms with van der Waals surface area (Å²) in [5.41, 5.74) is 0.606. The van der Waals surface area contributed by atoms with E-state index in [0.717, 1.165) is 6.42 Å². The summed E-state index contributed by atoms with van der Waals surface area (Å²) >= 11 is 5.88. The molecule has 90 valence electrons. The molecule has 0 aliphatic heterocycles. The van der Waals surface area contributed by atoms with E-state index < -0.39 is 6.10 Å². The molecule has 16 heavy (non-hydrogen) atoms. The number of rotatable bonds is 6. The number of aliphatic hydroxyl groups excluding tert-OH is 1. The van der Waals surface area contributed by atoms with E-state index in [1.807, 2.05) is 6.92 Å². The highest BCUT2D eigenvalue weighted by atomic mass is 35.5. The molecular weight excluding hydrogens is 231 g/mol. The first-order valence-electron chi connectivity index (χ1n) is 5.33. The quantitative estimate of drug-likeness (QED) is 0.783. The Kier molecular flexibility index (Phi) is 5.74. The molecule has 0 bridgehead atoms. The fourth-order valence-electron chi connectivity index (χ4n) is 1.38. The fraction of sp³-hybridized carbons (Fsp3) is 0.500. The molecule has 0 amide bonds. The van der Waals surface area contributed by atoms with E-state index in [-0.39, 0.29) is 12.4 Å². The Morgan fingerprint density at radius 2 is 2.25 bits per heavy atom. The largest absolute Gasteiger partial charge is 0.390 e. The summed E-state index contributed by atoms with van der Waals surface area (Å²) in [6.07, 6.45) is 0.569. The number of aliphatic hydroxyl groups is 1. The van der Waals surface area contributed by atoms with Gasteiger partial charge in [0.15, 0.2) is 0 Å². The first-order chi connectivity index (χ1) is 7.63. The van der Waals surface area contributed by atoms with Crippen molar-refractivity contribution >= 4 is 11.6 Å². The first-order valence-corrected chi connectivity index (χ1v) is 5.71. The van der Waals surface area contributed by atoms with Crippen LogP contribution in [0.2, 0.25) is 5.02 Å². The lowest BCUT2D eigenvalue weighted by Crippen LogP contribution is -2.18. The zero-order valence-electron chi connectivity index (χ0n) is 9.25. The van der Waals surface area contributed by atoms with Crippen LogP contribution in [-0.4, -0.2) is 24.4 Å². The molecule has 1 aromatic carbocycles. The molecular formula is C12H16ClFO2. The monoisotopic (exact) mass is 246 g/mol. The maximum absolute atomic E-state index is 12.9. The van der Waals surface area contributed by atoms with Crippen molar-refractivity contribution in [3.63, 3.8) is 0 Å². The minimum Gasteiger partial charge on any atom is -0.390 e. The number of halogens is 2. The summed E-state index contributed by atoms with van der Waals surface area (Å²) in [4.78, 5) is 0. The van der Waals surface area contributed by atoms with Crippen molar-refractivity contribution in [2.45, 2.75) is 25.9 Å². The lowest BCUT2D eigenvalue weighted by Gasteiger charge is -2.12. The van der Waals surface area contributed by atoms with Gasteiger partial charge in [0.1, 0.15) is 5.82 Å². The second-order valence-corrected chi connectivity index (χ2v) is 4.08. The van der Waals surface area contributed by atoms with Gasteiger partial charge >= 0.3 is 0 Å². The molecule has 0 aromatic heterocycles. The highest BCUT2D eigenvalue weighted by molar-refractivity contribution is 6.31. The van der Waals surface area contributed by atoms with Gasteiger partial charge in [-0.25, -0.2) is 4.39 Å². The van der Waals surface area contributed by atoms with Crippen molar-refractivity contribution in [3.05, 3.63) is 34.6 Å². The van der Waals surface area contributed by atoms with Crippen LogP contribution in [0.3, 0.4) is 0 Å². The minimum atomic E-state index is -0.647. The van der Waals surface area contributed by atoms with Crippen molar-refractivity contribution in [2.24, 2.45) is 0 Å². The number of hydrogen-bond acceptors (Lipinski definition) is 2. The molecule has 2 nitrogen and oxygen atoms in total. The number of hydrogen-bond donors (Lipinski definition) is 1. The highest BCUT2D eigenvalue weighted by Gasteiger charge is 2.09. The molecule has 1 N–H and O–H groups in total. The van der Waals surface area contributed by atoms with Crippen molar-refractivity contribution in [2.75, 3.05) is 13.2 Å². The molecule has 1 aromatic rings. The average Bonchev–Trinajstić information content (AvgIpc) is 2.24. The molecule has 0 fully saturated rings. The molecule has 1 rings (SSSR count). The molecule has 0 saturated carbocycles. The van der Waals surface area contributed by atoms with Crippen LogP contribution in [0.5, 0.6) is 0 Å². The lowest BCUT2D eigenvalue weighted by atomic mass is 10.1. The van der Waals surface area contributed by atoms with Crippen molar-refractivity contribution in [1.82, 2.24) is 0 Å². The molecule has 0 aliphatic carbocycles. The second kappa shape index (κ2) is 6.84. The van der Waals surface area contributed by atoms with Crippen molar-refractivity contribution < 1.29 is 14.2 Å². The van der Waals surface area contributed by atoms with E-state index in [1.54, 1.807) is 0 Å². The molecule has 1 unspecified atom stereocenters. The Labute approximate surface area is 100.0 Å². The fourth-order valence-corrected chi connectivity index (χ4v) is 1.57. The molecule has 4 heteroatoms. The molecule has 0 saturated heterocycles. The van der Waals surface area contributed by atoms with Gasteiger partial charge in [-0.1, -0.05) is 18.5 Å². The Balaban J connectivity index is 2.48. The van der Waals surface area contributed by atoms with Gasteiger partial charge in [-0.2, -0.15) is 0 Å². The predicted octanol–water partition coefficient (Wildman–Crippen LogP) is 2.81. The van der Waals surface area contributed by atoms with E-state index in [9.17, 15) is 9.50 Å². The summed E-state index contributed by atoms with van der Waals surface area (Å²) in [6, 6.07) is 4.13. The third-order valence-corrected chi connectivity index (χ3v) is 2.49. The third-order valence-electron chi connectivity index (χ3n) is 2.12. The van der Waals surface area contributed by atoms with E-state index in [4.69, 9.17) is 16.3 Å². The first kappa shape index (κ1) is 13.4. The van der Waals surface area contributed by atoms with Crippen LogP contribution in [-0.2, 0) is 11.2 Å². The zero-order chi connectivity index (χ0) is 12.0.